The van der Waals surface area contributed by atoms with Gasteiger partial charge in [-0.25, -0.2) is 0 Å². The number of rotatable bonds is 4. The summed E-state index contributed by atoms with van der Waals surface area (Å²) in [6, 6.07) is 10.4. The van der Waals surface area contributed by atoms with Crippen LogP contribution in [-0.2, 0) is 16.0 Å². The Kier molecular flexibility index (Phi) is 3.67. The second-order valence-electron chi connectivity index (χ2n) is 6.66. The van der Waals surface area contributed by atoms with Crippen LogP contribution in [0.3, 0.4) is 0 Å². The van der Waals surface area contributed by atoms with Gasteiger partial charge in [0, 0.05) is 11.7 Å². The summed E-state index contributed by atoms with van der Waals surface area (Å²) in [6.45, 7) is 4.62. The minimum atomic E-state index is -0.472. The molecule has 0 amide bonds. The predicted octanol–water partition coefficient (Wildman–Crippen LogP) is 2.04. The van der Waals surface area contributed by atoms with Crippen molar-refractivity contribution >= 4 is 0 Å². The number of aromatic nitrogens is 3. The zero-order valence-electron chi connectivity index (χ0n) is 13.5. The van der Waals surface area contributed by atoms with Crippen molar-refractivity contribution in [3.8, 4) is 5.69 Å². The fourth-order valence-corrected chi connectivity index (χ4v) is 3.56. The predicted molar refractivity (Wildman–Crippen MR) is 85.0 cm³/mol. The number of nitrogens with zero attached hydrogens (tertiary/aromatic N) is 3. The molecule has 1 aromatic carbocycles. The van der Waals surface area contributed by atoms with E-state index in [1.165, 1.54) is 0 Å². The molecular weight excluding hydrogens is 292 g/mol. The van der Waals surface area contributed by atoms with Crippen molar-refractivity contribution < 1.29 is 9.47 Å². The third-order valence-electron chi connectivity index (χ3n) is 4.56. The van der Waals surface area contributed by atoms with Crippen LogP contribution in [0.4, 0.5) is 0 Å². The number of ether oxygens (including phenoxy) is 2. The molecule has 2 fully saturated rings. The van der Waals surface area contributed by atoms with Gasteiger partial charge in [0.1, 0.15) is 12.4 Å². The fraction of sp³-hybridized carbons (Fsp3) is 0.529. The van der Waals surface area contributed by atoms with Gasteiger partial charge in [0.25, 0.3) is 0 Å². The molecule has 1 aliphatic heterocycles. The summed E-state index contributed by atoms with van der Waals surface area (Å²) in [5.74, 6) is 0.428. The quantitative estimate of drug-likeness (QED) is 0.936. The van der Waals surface area contributed by atoms with Crippen molar-refractivity contribution in [2.75, 3.05) is 0 Å². The van der Waals surface area contributed by atoms with Gasteiger partial charge in [-0.2, -0.15) is 0 Å². The molecule has 0 bridgehead atoms. The van der Waals surface area contributed by atoms with E-state index in [4.69, 9.17) is 9.47 Å². The maximum atomic E-state index is 6.04. The Labute approximate surface area is 135 Å². The third kappa shape index (κ3) is 2.89. The lowest BCUT2D eigenvalue weighted by atomic mass is 10.2. The van der Waals surface area contributed by atoms with Gasteiger partial charge in [0.2, 0.25) is 0 Å². The van der Waals surface area contributed by atoms with Gasteiger partial charge in [-0.1, -0.05) is 18.2 Å². The van der Waals surface area contributed by atoms with E-state index in [9.17, 15) is 0 Å². The van der Waals surface area contributed by atoms with E-state index < -0.39 is 5.79 Å². The Morgan fingerprint density at radius 1 is 1.22 bits per heavy atom. The molecule has 1 aromatic heterocycles. The molecule has 1 unspecified atom stereocenters. The number of hydrogen-bond acceptors (Lipinski definition) is 5. The highest BCUT2D eigenvalue weighted by Crippen LogP contribution is 2.38. The molecular formula is C17H22N4O2. The Morgan fingerprint density at radius 3 is 2.87 bits per heavy atom. The normalized spacial score (nSPS) is 28.9. The minimum Gasteiger partial charge on any atom is -0.345 e. The van der Waals surface area contributed by atoms with E-state index in [0.717, 1.165) is 24.4 Å². The van der Waals surface area contributed by atoms with E-state index in [-0.39, 0.29) is 12.2 Å². The van der Waals surface area contributed by atoms with Crippen LogP contribution in [0.2, 0.25) is 0 Å². The Morgan fingerprint density at radius 2 is 2.04 bits per heavy atom. The van der Waals surface area contributed by atoms with E-state index in [0.29, 0.717) is 12.6 Å². The van der Waals surface area contributed by atoms with Gasteiger partial charge in [-0.15, -0.1) is 10.2 Å². The van der Waals surface area contributed by atoms with Crippen molar-refractivity contribution in [1.82, 2.24) is 20.1 Å². The van der Waals surface area contributed by atoms with Crippen molar-refractivity contribution in [2.24, 2.45) is 0 Å². The second-order valence-corrected chi connectivity index (χ2v) is 6.66. The SMILES string of the molecule is CC1(C)O[C@@H]2CCC(NCc3nncn3-c3ccccc3)[C@@H]2O1. The van der Waals surface area contributed by atoms with Crippen LogP contribution in [0.1, 0.15) is 32.5 Å². The lowest BCUT2D eigenvalue weighted by Crippen LogP contribution is -2.39. The second kappa shape index (κ2) is 5.70. The lowest BCUT2D eigenvalue weighted by molar-refractivity contribution is -0.153. The number of hydrogen-bond donors (Lipinski definition) is 1. The van der Waals surface area contributed by atoms with E-state index in [2.05, 4.69) is 27.6 Å². The fourth-order valence-electron chi connectivity index (χ4n) is 3.56. The zero-order valence-corrected chi connectivity index (χ0v) is 13.5. The average Bonchev–Trinajstić information content (AvgIpc) is 3.20. The van der Waals surface area contributed by atoms with Crippen LogP contribution in [0.5, 0.6) is 0 Å². The highest BCUT2D eigenvalue weighted by molar-refractivity contribution is 5.31. The minimum absolute atomic E-state index is 0.123. The summed E-state index contributed by atoms with van der Waals surface area (Å²) in [5.41, 5.74) is 1.07. The van der Waals surface area contributed by atoms with Crippen LogP contribution in [0, 0.1) is 0 Å². The Hall–Kier alpha value is -1.76. The highest BCUT2D eigenvalue weighted by Gasteiger charge is 2.48. The molecule has 1 N–H and O–H groups in total. The molecule has 2 aliphatic rings. The molecule has 23 heavy (non-hydrogen) atoms. The Balaban J connectivity index is 1.44. The number of para-hydroxylation sites is 1. The van der Waals surface area contributed by atoms with Crippen LogP contribution >= 0.6 is 0 Å². The van der Waals surface area contributed by atoms with E-state index in [1.807, 2.05) is 36.6 Å². The summed E-state index contributed by atoms with van der Waals surface area (Å²) < 4.78 is 14.0. The first-order chi connectivity index (χ1) is 11.1. The lowest BCUT2D eigenvalue weighted by Gasteiger charge is -2.22. The maximum absolute atomic E-state index is 6.04. The van der Waals surface area contributed by atoms with Gasteiger partial charge in [-0.05, 0) is 38.8 Å². The van der Waals surface area contributed by atoms with Gasteiger partial charge >= 0.3 is 0 Å². The van der Waals surface area contributed by atoms with Crippen molar-refractivity contribution in [3.05, 3.63) is 42.5 Å². The molecule has 2 aromatic rings. The van der Waals surface area contributed by atoms with Crippen molar-refractivity contribution in [3.63, 3.8) is 0 Å². The summed E-state index contributed by atoms with van der Waals surface area (Å²) in [4.78, 5) is 0. The average molecular weight is 314 g/mol. The number of benzene rings is 1. The van der Waals surface area contributed by atoms with E-state index in [1.54, 1.807) is 6.33 Å². The van der Waals surface area contributed by atoms with Gasteiger partial charge in [-0.3, -0.25) is 4.57 Å². The van der Waals surface area contributed by atoms with E-state index >= 15 is 0 Å². The Bertz CT molecular complexity index is 670. The van der Waals surface area contributed by atoms with Crippen molar-refractivity contribution in [2.45, 2.75) is 57.3 Å². The molecule has 0 radical (unpaired) electrons. The third-order valence-corrected chi connectivity index (χ3v) is 4.56. The molecule has 1 saturated carbocycles. The van der Waals surface area contributed by atoms with Gasteiger partial charge in [0.05, 0.1) is 12.6 Å². The maximum Gasteiger partial charge on any atom is 0.163 e. The molecule has 6 nitrogen and oxygen atoms in total. The first-order valence-electron chi connectivity index (χ1n) is 8.16. The summed E-state index contributed by atoms with van der Waals surface area (Å²) in [5, 5.41) is 11.9. The summed E-state index contributed by atoms with van der Waals surface area (Å²) in [7, 11) is 0. The largest absolute Gasteiger partial charge is 0.345 e. The molecule has 122 valence electrons. The highest BCUT2D eigenvalue weighted by atomic mass is 16.8. The molecule has 1 aliphatic carbocycles. The smallest absolute Gasteiger partial charge is 0.163 e. The van der Waals surface area contributed by atoms with Gasteiger partial charge < -0.3 is 14.8 Å². The molecule has 1 saturated heterocycles. The molecule has 4 rings (SSSR count). The van der Waals surface area contributed by atoms with Crippen LogP contribution in [0.25, 0.3) is 5.69 Å². The molecule has 2 heterocycles. The van der Waals surface area contributed by atoms with Gasteiger partial charge in [0.15, 0.2) is 11.6 Å². The van der Waals surface area contributed by atoms with Crippen LogP contribution in [0.15, 0.2) is 36.7 Å². The zero-order chi connectivity index (χ0) is 15.9. The molecule has 3 atom stereocenters. The number of fused-ring (bicyclic) bond motifs is 1. The summed E-state index contributed by atoms with van der Waals surface area (Å²) >= 11 is 0. The van der Waals surface area contributed by atoms with Crippen LogP contribution in [-0.4, -0.2) is 38.8 Å². The van der Waals surface area contributed by atoms with Crippen molar-refractivity contribution in [1.29, 1.82) is 0 Å². The molecule has 0 spiro atoms. The first-order valence-corrected chi connectivity index (χ1v) is 8.16. The molecule has 6 heteroatoms. The standard InChI is InChI=1S/C17H22N4O2/c1-17(2)22-14-9-8-13(16(14)23-17)18-10-15-20-19-11-21(15)12-6-4-3-5-7-12/h3-7,11,13-14,16,18H,8-10H2,1-2H3/t13?,14-,16+/m1/s1. The first kappa shape index (κ1) is 14.8. The van der Waals surface area contributed by atoms with Crippen LogP contribution < -0.4 is 5.32 Å². The topological polar surface area (TPSA) is 61.2 Å². The number of nitrogens with one attached hydrogen (secondary N) is 1. The monoisotopic (exact) mass is 314 g/mol. The summed E-state index contributed by atoms with van der Waals surface area (Å²) in [6.07, 6.45) is 4.18.